The summed E-state index contributed by atoms with van der Waals surface area (Å²) in [6, 6.07) is 12.8. The van der Waals surface area contributed by atoms with Crippen LogP contribution in [0.25, 0.3) is 11.0 Å². The number of aryl methyl sites for hydroxylation is 3. The number of nitrogens with zero attached hydrogens (tertiary/aromatic N) is 2. The van der Waals surface area contributed by atoms with Crippen molar-refractivity contribution < 1.29 is 9.84 Å². The summed E-state index contributed by atoms with van der Waals surface area (Å²) in [5, 5.41) is 9.39. The summed E-state index contributed by atoms with van der Waals surface area (Å²) in [5.74, 6) is 2.44. The lowest BCUT2D eigenvalue weighted by Gasteiger charge is -2.11. The lowest BCUT2D eigenvalue weighted by molar-refractivity contribution is 0.292. The Labute approximate surface area is 168 Å². The van der Waals surface area contributed by atoms with Crippen LogP contribution in [0.1, 0.15) is 55.1 Å². The van der Waals surface area contributed by atoms with Crippen molar-refractivity contribution >= 4 is 11.0 Å². The highest BCUT2D eigenvalue weighted by Gasteiger charge is 2.11. The van der Waals surface area contributed by atoms with E-state index in [9.17, 15) is 5.11 Å². The molecule has 150 valence electrons. The van der Waals surface area contributed by atoms with Crippen molar-refractivity contribution in [2.24, 2.45) is 0 Å². The number of imidazole rings is 1. The molecule has 3 aromatic rings. The third-order valence-corrected chi connectivity index (χ3v) is 5.37. The number of aliphatic hydroxyl groups excluding tert-OH is 1. The van der Waals surface area contributed by atoms with Gasteiger partial charge in [-0.25, -0.2) is 4.98 Å². The summed E-state index contributed by atoms with van der Waals surface area (Å²) >= 11 is 0. The number of aliphatic hydroxyl groups is 1. The molecule has 0 amide bonds. The van der Waals surface area contributed by atoms with E-state index < -0.39 is 0 Å². The fourth-order valence-electron chi connectivity index (χ4n) is 3.48. The van der Waals surface area contributed by atoms with Gasteiger partial charge >= 0.3 is 0 Å². The standard InChI is InChI=1S/C24H32N2O2/c1-17(2)20-7-9-21(10-8-20)28-14-6-5-12-26-23-16-19(4)18(3)15-22(23)25-24(26)11-13-27/h7-10,15-17,27H,5-6,11-14H2,1-4H3. The van der Waals surface area contributed by atoms with Crippen LogP contribution in [0.15, 0.2) is 36.4 Å². The fraction of sp³-hybridized carbons (Fsp3) is 0.458. The number of benzene rings is 2. The Hall–Kier alpha value is -2.33. The first kappa shape index (κ1) is 20.4. The van der Waals surface area contributed by atoms with Crippen molar-refractivity contribution in [3.8, 4) is 5.75 Å². The summed E-state index contributed by atoms with van der Waals surface area (Å²) in [7, 11) is 0. The number of hydrogen-bond donors (Lipinski definition) is 1. The Morgan fingerprint density at radius 2 is 1.75 bits per heavy atom. The van der Waals surface area contributed by atoms with Crippen LogP contribution in [0.5, 0.6) is 5.75 Å². The summed E-state index contributed by atoms with van der Waals surface area (Å²) < 4.78 is 8.15. The Bertz CT molecular complexity index is 910. The van der Waals surface area contributed by atoms with Crippen molar-refractivity contribution in [3.63, 3.8) is 0 Å². The van der Waals surface area contributed by atoms with Crippen LogP contribution >= 0.6 is 0 Å². The average Bonchev–Trinajstić information content (AvgIpc) is 2.99. The molecule has 1 N–H and O–H groups in total. The minimum atomic E-state index is 0.122. The number of hydrogen-bond acceptors (Lipinski definition) is 3. The van der Waals surface area contributed by atoms with Gasteiger partial charge < -0.3 is 14.4 Å². The monoisotopic (exact) mass is 380 g/mol. The highest BCUT2D eigenvalue weighted by atomic mass is 16.5. The van der Waals surface area contributed by atoms with Crippen molar-refractivity contribution in [1.82, 2.24) is 9.55 Å². The van der Waals surface area contributed by atoms with E-state index in [0.29, 0.717) is 18.9 Å². The average molecular weight is 381 g/mol. The maximum atomic E-state index is 9.39. The summed E-state index contributed by atoms with van der Waals surface area (Å²) in [4.78, 5) is 4.74. The molecule has 1 aromatic heterocycles. The molecule has 3 rings (SSSR count). The molecule has 2 aromatic carbocycles. The second-order valence-corrected chi connectivity index (χ2v) is 7.86. The van der Waals surface area contributed by atoms with Crippen molar-refractivity contribution in [2.75, 3.05) is 13.2 Å². The topological polar surface area (TPSA) is 47.3 Å². The van der Waals surface area contributed by atoms with Crippen LogP contribution in [-0.2, 0) is 13.0 Å². The Morgan fingerprint density at radius 3 is 2.43 bits per heavy atom. The smallest absolute Gasteiger partial charge is 0.119 e. The van der Waals surface area contributed by atoms with Gasteiger partial charge in [-0.1, -0.05) is 26.0 Å². The quantitative estimate of drug-likeness (QED) is 0.521. The Balaban J connectivity index is 1.58. The molecule has 0 spiro atoms. The van der Waals surface area contributed by atoms with Crippen LogP contribution < -0.4 is 4.74 Å². The minimum absolute atomic E-state index is 0.122. The van der Waals surface area contributed by atoms with Gasteiger partial charge in [0, 0.05) is 13.0 Å². The molecule has 0 aliphatic heterocycles. The number of aromatic nitrogens is 2. The number of rotatable bonds is 9. The largest absolute Gasteiger partial charge is 0.494 e. The van der Waals surface area contributed by atoms with E-state index in [0.717, 1.165) is 42.0 Å². The van der Waals surface area contributed by atoms with Gasteiger partial charge in [-0.05, 0) is 73.6 Å². The van der Waals surface area contributed by atoms with Gasteiger partial charge in [0.05, 0.1) is 24.2 Å². The molecule has 1 heterocycles. The SMILES string of the molecule is Cc1cc2nc(CCO)n(CCCCOc3ccc(C(C)C)cc3)c2cc1C. The second kappa shape index (κ2) is 9.24. The molecule has 0 saturated heterocycles. The molecule has 4 heteroatoms. The van der Waals surface area contributed by atoms with Crippen LogP contribution in [0, 0.1) is 13.8 Å². The third kappa shape index (κ3) is 4.74. The number of unbranched alkanes of at least 4 members (excludes halogenated alkanes) is 1. The van der Waals surface area contributed by atoms with E-state index in [1.54, 1.807) is 0 Å². The van der Waals surface area contributed by atoms with Crippen molar-refractivity contribution in [3.05, 3.63) is 58.9 Å². The molecule has 0 saturated carbocycles. The zero-order valence-electron chi connectivity index (χ0n) is 17.5. The Kier molecular flexibility index (Phi) is 6.74. The van der Waals surface area contributed by atoms with Gasteiger partial charge in [-0.15, -0.1) is 0 Å². The maximum absolute atomic E-state index is 9.39. The maximum Gasteiger partial charge on any atom is 0.119 e. The molecule has 0 bridgehead atoms. The zero-order chi connectivity index (χ0) is 20.1. The number of ether oxygens (including phenoxy) is 1. The normalized spacial score (nSPS) is 11.5. The van der Waals surface area contributed by atoms with Crippen molar-refractivity contribution in [1.29, 1.82) is 0 Å². The van der Waals surface area contributed by atoms with Crippen LogP contribution in [-0.4, -0.2) is 27.9 Å². The van der Waals surface area contributed by atoms with Gasteiger partial charge in [0.25, 0.3) is 0 Å². The van der Waals surface area contributed by atoms with Crippen LogP contribution in [0.3, 0.4) is 0 Å². The lowest BCUT2D eigenvalue weighted by Crippen LogP contribution is -2.07. The molecule has 4 nitrogen and oxygen atoms in total. The second-order valence-electron chi connectivity index (χ2n) is 7.86. The van der Waals surface area contributed by atoms with E-state index in [1.165, 1.54) is 16.7 Å². The molecule has 0 atom stereocenters. The van der Waals surface area contributed by atoms with E-state index in [2.05, 4.69) is 68.7 Å². The van der Waals surface area contributed by atoms with E-state index >= 15 is 0 Å². The van der Waals surface area contributed by atoms with Gasteiger partial charge in [-0.2, -0.15) is 0 Å². The highest BCUT2D eigenvalue weighted by Crippen LogP contribution is 2.22. The predicted molar refractivity (Wildman–Crippen MR) is 115 cm³/mol. The highest BCUT2D eigenvalue weighted by molar-refractivity contribution is 5.78. The van der Waals surface area contributed by atoms with Gasteiger partial charge in [0.15, 0.2) is 0 Å². The predicted octanol–water partition coefficient (Wildman–Crippen LogP) is 5.17. The summed E-state index contributed by atoms with van der Waals surface area (Å²) in [6.07, 6.45) is 2.58. The first-order valence-electron chi connectivity index (χ1n) is 10.3. The lowest BCUT2D eigenvalue weighted by atomic mass is 10.0. The fourth-order valence-corrected chi connectivity index (χ4v) is 3.48. The number of fused-ring (bicyclic) bond motifs is 1. The van der Waals surface area contributed by atoms with E-state index in [4.69, 9.17) is 9.72 Å². The molecule has 0 fully saturated rings. The molecule has 0 radical (unpaired) electrons. The molecular formula is C24H32N2O2. The van der Waals surface area contributed by atoms with Crippen LogP contribution in [0.4, 0.5) is 0 Å². The summed E-state index contributed by atoms with van der Waals surface area (Å²) in [6.45, 7) is 10.4. The first-order chi connectivity index (χ1) is 13.5. The molecule has 0 unspecified atom stereocenters. The van der Waals surface area contributed by atoms with E-state index in [1.807, 2.05) is 0 Å². The molecule has 28 heavy (non-hydrogen) atoms. The van der Waals surface area contributed by atoms with Gasteiger partial charge in [0.1, 0.15) is 11.6 Å². The first-order valence-corrected chi connectivity index (χ1v) is 10.3. The molecule has 0 aliphatic carbocycles. The summed E-state index contributed by atoms with van der Waals surface area (Å²) in [5.41, 5.74) is 6.05. The van der Waals surface area contributed by atoms with Crippen LogP contribution in [0.2, 0.25) is 0 Å². The minimum Gasteiger partial charge on any atom is -0.494 e. The van der Waals surface area contributed by atoms with Crippen molar-refractivity contribution in [2.45, 2.75) is 59.4 Å². The van der Waals surface area contributed by atoms with E-state index in [-0.39, 0.29) is 6.61 Å². The molecular weight excluding hydrogens is 348 g/mol. The van der Waals surface area contributed by atoms with Gasteiger partial charge in [0.2, 0.25) is 0 Å². The Morgan fingerprint density at radius 1 is 1.04 bits per heavy atom. The third-order valence-electron chi connectivity index (χ3n) is 5.37. The van der Waals surface area contributed by atoms with Gasteiger partial charge in [-0.3, -0.25) is 0 Å². The molecule has 0 aliphatic rings. The zero-order valence-corrected chi connectivity index (χ0v) is 17.5.